The molecular weight excluding hydrogens is 262 g/mol. The molecule has 21 heavy (non-hydrogen) atoms. The molecule has 0 unspecified atom stereocenters. The molecule has 2 aromatic heterocycles. The number of aromatic nitrogens is 3. The first-order valence-corrected chi connectivity index (χ1v) is 7.81. The molecule has 5 heteroatoms. The summed E-state index contributed by atoms with van der Waals surface area (Å²) in [4.78, 5) is 6.95. The Kier molecular flexibility index (Phi) is 4.38. The van der Waals surface area contributed by atoms with Gasteiger partial charge in [-0.1, -0.05) is 0 Å². The van der Waals surface area contributed by atoms with E-state index in [1.807, 2.05) is 17.1 Å². The lowest BCUT2D eigenvalue weighted by molar-refractivity contribution is 0.573. The third-order valence-corrected chi connectivity index (χ3v) is 3.94. The van der Waals surface area contributed by atoms with E-state index in [-0.39, 0.29) is 0 Å². The molecule has 0 saturated carbocycles. The summed E-state index contributed by atoms with van der Waals surface area (Å²) in [6.07, 6.45) is 9.82. The maximum atomic E-state index is 4.58. The first kappa shape index (κ1) is 13.9. The van der Waals surface area contributed by atoms with Gasteiger partial charge in [-0.3, -0.25) is 4.68 Å². The van der Waals surface area contributed by atoms with E-state index in [2.05, 4.69) is 45.6 Å². The molecule has 3 rings (SSSR count). The van der Waals surface area contributed by atoms with E-state index in [0.29, 0.717) is 0 Å². The summed E-state index contributed by atoms with van der Waals surface area (Å²) < 4.78 is 1.94. The molecule has 112 valence electrons. The van der Waals surface area contributed by atoms with Gasteiger partial charge in [0.15, 0.2) is 0 Å². The van der Waals surface area contributed by atoms with Crippen molar-refractivity contribution in [2.75, 3.05) is 23.3 Å². The van der Waals surface area contributed by atoms with Crippen LogP contribution in [0.15, 0.2) is 30.7 Å². The number of aryl methyl sites for hydroxylation is 1. The van der Waals surface area contributed by atoms with Gasteiger partial charge in [0, 0.05) is 37.9 Å². The van der Waals surface area contributed by atoms with Crippen molar-refractivity contribution in [3.63, 3.8) is 0 Å². The molecule has 0 atom stereocenters. The van der Waals surface area contributed by atoms with Crippen LogP contribution >= 0.6 is 0 Å². The average molecular weight is 285 g/mol. The Hall–Kier alpha value is -2.04. The minimum Gasteiger partial charge on any atom is -0.380 e. The zero-order valence-corrected chi connectivity index (χ0v) is 12.6. The van der Waals surface area contributed by atoms with Crippen LogP contribution < -0.4 is 10.2 Å². The Bertz CT molecular complexity index is 554. The second-order valence-corrected chi connectivity index (χ2v) is 5.51. The van der Waals surface area contributed by atoms with Crippen LogP contribution in [0.4, 0.5) is 11.5 Å². The van der Waals surface area contributed by atoms with Crippen molar-refractivity contribution in [1.29, 1.82) is 0 Å². The van der Waals surface area contributed by atoms with Crippen LogP contribution in [-0.2, 0) is 13.1 Å². The average Bonchev–Trinajstić information content (AvgIpc) is 3.02. The fourth-order valence-corrected chi connectivity index (χ4v) is 2.68. The van der Waals surface area contributed by atoms with Gasteiger partial charge in [-0.25, -0.2) is 4.98 Å². The minimum absolute atomic E-state index is 0.782. The van der Waals surface area contributed by atoms with Crippen molar-refractivity contribution in [1.82, 2.24) is 14.8 Å². The molecule has 0 amide bonds. The Labute approximate surface area is 126 Å². The first-order valence-electron chi connectivity index (χ1n) is 7.81. The summed E-state index contributed by atoms with van der Waals surface area (Å²) in [6, 6.07) is 4.23. The standard InChI is InChI=1S/C16H23N5/c1-2-21-13-14(11-19-21)10-17-15-6-7-16(18-12-15)20-8-4-3-5-9-20/h6-7,11-13,17H,2-5,8-10H2,1H3. The predicted molar refractivity (Wildman–Crippen MR) is 85.5 cm³/mol. The van der Waals surface area contributed by atoms with Crippen molar-refractivity contribution in [2.45, 2.75) is 39.3 Å². The van der Waals surface area contributed by atoms with E-state index in [1.165, 1.54) is 24.8 Å². The summed E-state index contributed by atoms with van der Waals surface area (Å²) >= 11 is 0. The number of anilines is 2. The SMILES string of the molecule is CCn1cc(CNc2ccc(N3CCCCC3)nc2)cn1. The van der Waals surface area contributed by atoms with Crippen molar-refractivity contribution in [3.05, 3.63) is 36.3 Å². The molecule has 1 fully saturated rings. The lowest BCUT2D eigenvalue weighted by atomic mass is 10.1. The molecule has 2 aromatic rings. The van der Waals surface area contributed by atoms with E-state index in [4.69, 9.17) is 0 Å². The summed E-state index contributed by atoms with van der Waals surface area (Å²) in [6.45, 7) is 6.05. The van der Waals surface area contributed by atoms with Crippen molar-refractivity contribution in [3.8, 4) is 0 Å². The normalized spacial score (nSPS) is 15.2. The summed E-state index contributed by atoms with van der Waals surface area (Å²) in [5, 5.41) is 7.67. The fraction of sp³-hybridized carbons (Fsp3) is 0.500. The molecule has 1 saturated heterocycles. The Morgan fingerprint density at radius 1 is 1.14 bits per heavy atom. The van der Waals surface area contributed by atoms with Crippen molar-refractivity contribution in [2.24, 2.45) is 0 Å². The number of nitrogens with one attached hydrogen (secondary N) is 1. The van der Waals surface area contributed by atoms with Gasteiger partial charge in [0.25, 0.3) is 0 Å². The van der Waals surface area contributed by atoms with Crippen LogP contribution in [0.2, 0.25) is 0 Å². The molecule has 0 aliphatic carbocycles. The minimum atomic E-state index is 0.782. The highest BCUT2D eigenvalue weighted by Gasteiger charge is 2.11. The van der Waals surface area contributed by atoms with E-state index >= 15 is 0 Å². The number of pyridine rings is 1. The van der Waals surface area contributed by atoms with Crippen LogP contribution in [0.1, 0.15) is 31.7 Å². The summed E-state index contributed by atoms with van der Waals surface area (Å²) in [5.41, 5.74) is 2.25. The second kappa shape index (κ2) is 6.61. The number of hydrogen-bond acceptors (Lipinski definition) is 4. The number of hydrogen-bond donors (Lipinski definition) is 1. The van der Waals surface area contributed by atoms with Gasteiger partial charge < -0.3 is 10.2 Å². The highest BCUT2D eigenvalue weighted by atomic mass is 15.3. The lowest BCUT2D eigenvalue weighted by Crippen LogP contribution is -2.30. The molecule has 1 aliphatic rings. The second-order valence-electron chi connectivity index (χ2n) is 5.51. The zero-order chi connectivity index (χ0) is 14.5. The molecular formula is C16H23N5. The van der Waals surface area contributed by atoms with Gasteiger partial charge in [0.1, 0.15) is 5.82 Å². The Balaban J connectivity index is 1.56. The van der Waals surface area contributed by atoms with E-state index in [1.54, 1.807) is 0 Å². The van der Waals surface area contributed by atoms with Gasteiger partial charge in [0.2, 0.25) is 0 Å². The van der Waals surface area contributed by atoms with Gasteiger partial charge in [-0.05, 0) is 38.3 Å². The van der Waals surface area contributed by atoms with E-state index in [9.17, 15) is 0 Å². The highest BCUT2D eigenvalue weighted by Crippen LogP contribution is 2.19. The third-order valence-electron chi connectivity index (χ3n) is 3.94. The van der Waals surface area contributed by atoms with Crippen LogP contribution in [0.5, 0.6) is 0 Å². The van der Waals surface area contributed by atoms with Crippen LogP contribution in [0, 0.1) is 0 Å². The molecule has 0 bridgehead atoms. The zero-order valence-electron chi connectivity index (χ0n) is 12.6. The van der Waals surface area contributed by atoms with E-state index < -0.39 is 0 Å². The molecule has 0 radical (unpaired) electrons. The first-order chi connectivity index (χ1) is 10.3. The quantitative estimate of drug-likeness (QED) is 0.917. The lowest BCUT2D eigenvalue weighted by Gasteiger charge is -2.27. The summed E-state index contributed by atoms with van der Waals surface area (Å²) in [7, 11) is 0. The molecule has 0 spiro atoms. The maximum absolute atomic E-state index is 4.58. The molecule has 1 N–H and O–H groups in total. The van der Waals surface area contributed by atoms with E-state index in [0.717, 1.165) is 37.7 Å². The largest absolute Gasteiger partial charge is 0.380 e. The van der Waals surface area contributed by atoms with Crippen molar-refractivity contribution >= 4 is 11.5 Å². The topological polar surface area (TPSA) is 46.0 Å². The Morgan fingerprint density at radius 2 is 2.00 bits per heavy atom. The molecule has 5 nitrogen and oxygen atoms in total. The van der Waals surface area contributed by atoms with Gasteiger partial charge in [-0.2, -0.15) is 5.10 Å². The molecule has 1 aliphatic heterocycles. The predicted octanol–water partition coefficient (Wildman–Crippen LogP) is 2.90. The molecule has 0 aromatic carbocycles. The Morgan fingerprint density at radius 3 is 2.67 bits per heavy atom. The van der Waals surface area contributed by atoms with Gasteiger partial charge in [-0.15, -0.1) is 0 Å². The number of rotatable bonds is 5. The van der Waals surface area contributed by atoms with Crippen LogP contribution in [0.3, 0.4) is 0 Å². The fourth-order valence-electron chi connectivity index (χ4n) is 2.68. The third kappa shape index (κ3) is 3.54. The number of nitrogens with zero attached hydrogens (tertiary/aromatic N) is 4. The monoisotopic (exact) mass is 285 g/mol. The van der Waals surface area contributed by atoms with Gasteiger partial charge >= 0.3 is 0 Å². The number of piperidine rings is 1. The van der Waals surface area contributed by atoms with Gasteiger partial charge in [0.05, 0.1) is 18.1 Å². The summed E-state index contributed by atoms with van der Waals surface area (Å²) in [5.74, 6) is 1.10. The maximum Gasteiger partial charge on any atom is 0.128 e. The van der Waals surface area contributed by atoms with Crippen LogP contribution in [-0.4, -0.2) is 27.9 Å². The smallest absolute Gasteiger partial charge is 0.128 e. The highest BCUT2D eigenvalue weighted by molar-refractivity contribution is 5.49. The van der Waals surface area contributed by atoms with Crippen molar-refractivity contribution < 1.29 is 0 Å². The molecule has 3 heterocycles. The van der Waals surface area contributed by atoms with Crippen LogP contribution in [0.25, 0.3) is 0 Å².